The van der Waals surface area contributed by atoms with Crippen LogP contribution in [0.15, 0.2) is 35.3 Å². The van der Waals surface area contributed by atoms with E-state index in [0.717, 1.165) is 17.5 Å². The molecule has 3 rings (SSSR count). The van der Waals surface area contributed by atoms with Gasteiger partial charge in [0.05, 0.1) is 22.5 Å². The summed E-state index contributed by atoms with van der Waals surface area (Å²) in [6.45, 7) is 2.86. The Morgan fingerprint density at radius 1 is 1.29 bits per heavy atom. The van der Waals surface area contributed by atoms with Gasteiger partial charge in [0, 0.05) is 45.2 Å². The van der Waals surface area contributed by atoms with E-state index in [-0.39, 0.29) is 22.7 Å². The molecule has 148 valence electrons. The summed E-state index contributed by atoms with van der Waals surface area (Å²) in [5.74, 6) is 0.0313. The van der Waals surface area contributed by atoms with E-state index in [1.165, 1.54) is 30.5 Å². The molecule has 1 saturated heterocycles. The van der Waals surface area contributed by atoms with Crippen LogP contribution in [-0.2, 0) is 4.79 Å². The summed E-state index contributed by atoms with van der Waals surface area (Å²) in [6, 6.07) is 5.68. The Kier molecular flexibility index (Phi) is 5.64. The summed E-state index contributed by atoms with van der Waals surface area (Å²) < 4.78 is 1.12. The fourth-order valence-corrected chi connectivity index (χ4v) is 3.54. The number of halogens is 1. The maximum atomic E-state index is 12.7. The predicted octanol–water partition coefficient (Wildman–Crippen LogP) is 2.24. The number of carbonyl (C=O) groups is 1. The van der Waals surface area contributed by atoms with Gasteiger partial charge in [0.25, 0.3) is 11.2 Å². The second-order valence-corrected chi connectivity index (χ2v) is 7.06. The molecule has 1 fully saturated rings. The van der Waals surface area contributed by atoms with E-state index in [9.17, 15) is 19.7 Å². The number of carbonyl (C=O) groups excluding carboxylic acids is 1. The number of nitro groups is 1. The molecule has 0 saturated carbocycles. The normalized spacial score (nSPS) is 14.8. The minimum absolute atomic E-state index is 0.0313. The van der Waals surface area contributed by atoms with Crippen LogP contribution in [0.5, 0.6) is 0 Å². The summed E-state index contributed by atoms with van der Waals surface area (Å²) in [5.41, 5.74) is 0.383. The van der Waals surface area contributed by atoms with E-state index in [1.807, 2.05) is 4.90 Å². The van der Waals surface area contributed by atoms with Crippen LogP contribution < -0.4 is 10.5 Å². The first-order chi connectivity index (χ1) is 13.3. The molecule has 1 aromatic heterocycles. The van der Waals surface area contributed by atoms with E-state index in [1.54, 1.807) is 18.9 Å². The van der Waals surface area contributed by atoms with Crippen LogP contribution in [0.1, 0.15) is 19.8 Å². The smallest absolute Gasteiger partial charge is 0.292 e. The van der Waals surface area contributed by atoms with Crippen LogP contribution >= 0.6 is 11.6 Å². The summed E-state index contributed by atoms with van der Waals surface area (Å²) in [5, 5.41) is 15.0. The molecule has 0 aliphatic carbocycles. The highest BCUT2D eigenvalue weighted by Gasteiger charge is 2.26. The highest BCUT2D eigenvalue weighted by atomic mass is 35.5. The Labute approximate surface area is 166 Å². The van der Waals surface area contributed by atoms with Gasteiger partial charge in [-0.25, -0.2) is 0 Å². The van der Waals surface area contributed by atoms with Crippen LogP contribution in [0, 0.1) is 10.1 Å². The zero-order valence-corrected chi connectivity index (χ0v) is 16.3. The Morgan fingerprint density at radius 3 is 2.43 bits per heavy atom. The number of hydrogen-bond donors (Lipinski definition) is 0. The maximum absolute atomic E-state index is 12.7. The van der Waals surface area contributed by atoms with E-state index in [2.05, 4.69) is 5.10 Å². The Balaban J connectivity index is 1.80. The van der Waals surface area contributed by atoms with Crippen molar-refractivity contribution in [2.24, 2.45) is 0 Å². The Bertz CT molecular complexity index is 951. The van der Waals surface area contributed by atoms with Crippen molar-refractivity contribution in [2.75, 3.05) is 25.0 Å². The van der Waals surface area contributed by atoms with Crippen LogP contribution in [-0.4, -0.2) is 51.7 Å². The zero-order chi connectivity index (χ0) is 20.4. The van der Waals surface area contributed by atoms with Crippen molar-refractivity contribution in [1.29, 1.82) is 0 Å². The summed E-state index contributed by atoms with van der Waals surface area (Å²) >= 11 is 6.32. The second-order valence-electron chi connectivity index (χ2n) is 6.68. The predicted molar refractivity (Wildman–Crippen MR) is 105 cm³/mol. The topological polar surface area (TPSA) is 102 Å². The van der Waals surface area contributed by atoms with Gasteiger partial charge < -0.3 is 9.80 Å². The Morgan fingerprint density at radius 2 is 1.89 bits per heavy atom. The molecule has 9 nitrogen and oxygen atoms in total. The maximum Gasteiger partial charge on any atom is 0.292 e. The van der Waals surface area contributed by atoms with E-state index < -0.39 is 10.5 Å². The van der Waals surface area contributed by atoms with Crippen LogP contribution in [0.2, 0.25) is 5.02 Å². The van der Waals surface area contributed by atoms with Gasteiger partial charge in [-0.15, -0.1) is 0 Å². The average Bonchev–Trinajstić information content (AvgIpc) is 2.69. The molecule has 1 amide bonds. The number of hydrogen-bond acceptors (Lipinski definition) is 6. The minimum Gasteiger partial charge on any atom is -0.369 e. The summed E-state index contributed by atoms with van der Waals surface area (Å²) in [7, 11) is 1.79. The largest absolute Gasteiger partial charge is 0.369 e. The van der Waals surface area contributed by atoms with Crippen LogP contribution in [0.25, 0.3) is 5.69 Å². The molecule has 1 aliphatic rings. The first-order valence-electron chi connectivity index (χ1n) is 8.80. The molecule has 2 aromatic rings. The van der Waals surface area contributed by atoms with Crippen molar-refractivity contribution < 1.29 is 9.72 Å². The number of benzene rings is 1. The number of anilines is 1. The molecule has 1 aromatic carbocycles. The average molecular weight is 406 g/mol. The first-order valence-corrected chi connectivity index (χ1v) is 9.18. The lowest BCUT2D eigenvalue weighted by Crippen LogP contribution is -2.45. The van der Waals surface area contributed by atoms with Crippen molar-refractivity contribution in [3.63, 3.8) is 0 Å². The third-order valence-electron chi connectivity index (χ3n) is 5.06. The fraction of sp³-hybridized carbons (Fsp3) is 0.389. The molecule has 0 unspecified atom stereocenters. The van der Waals surface area contributed by atoms with Gasteiger partial charge in [0.15, 0.2) is 0 Å². The molecule has 0 N–H and O–H groups in total. The summed E-state index contributed by atoms with van der Waals surface area (Å²) in [4.78, 5) is 38.2. The molecular formula is C18H20ClN5O4. The van der Waals surface area contributed by atoms with Crippen molar-refractivity contribution in [2.45, 2.75) is 25.8 Å². The third-order valence-corrected chi connectivity index (χ3v) is 5.41. The van der Waals surface area contributed by atoms with Crippen molar-refractivity contribution in [1.82, 2.24) is 14.7 Å². The van der Waals surface area contributed by atoms with Gasteiger partial charge in [0.1, 0.15) is 5.02 Å². The lowest BCUT2D eigenvalue weighted by molar-refractivity contribution is -0.384. The molecule has 10 heteroatoms. The third kappa shape index (κ3) is 3.84. The Hall–Kier alpha value is -2.94. The number of aromatic nitrogens is 2. The number of nitrogens with zero attached hydrogens (tertiary/aromatic N) is 5. The minimum atomic E-state index is -0.511. The monoisotopic (exact) mass is 405 g/mol. The standard InChI is InChI=1S/C18H20ClN5O4/c1-12(25)21(2)13-7-9-22(10-8-13)16-11-20-23(18(26)17(16)19)14-3-5-15(6-4-14)24(27)28/h3-6,11,13H,7-10H2,1-2H3. The molecule has 1 aliphatic heterocycles. The fourth-order valence-electron chi connectivity index (χ4n) is 3.30. The number of nitro benzene ring substituents is 1. The number of amides is 1. The second kappa shape index (κ2) is 7.97. The van der Waals surface area contributed by atoms with Gasteiger partial charge in [-0.3, -0.25) is 19.7 Å². The molecule has 0 atom stereocenters. The lowest BCUT2D eigenvalue weighted by atomic mass is 10.0. The molecule has 0 bridgehead atoms. The van der Waals surface area contributed by atoms with E-state index in [0.29, 0.717) is 24.5 Å². The molecule has 2 heterocycles. The molecular weight excluding hydrogens is 386 g/mol. The quantitative estimate of drug-likeness (QED) is 0.571. The lowest BCUT2D eigenvalue weighted by Gasteiger charge is -2.37. The SMILES string of the molecule is CC(=O)N(C)C1CCN(c2cnn(-c3ccc([N+](=O)[O-])cc3)c(=O)c2Cl)CC1. The number of rotatable bonds is 4. The van der Waals surface area contributed by atoms with E-state index >= 15 is 0 Å². The molecule has 0 radical (unpaired) electrons. The summed E-state index contributed by atoms with van der Waals surface area (Å²) in [6.07, 6.45) is 3.08. The van der Waals surface area contributed by atoms with Gasteiger partial charge in [0.2, 0.25) is 5.91 Å². The molecule has 28 heavy (non-hydrogen) atoms. The van der Waals surface area contributed by atoms with E-state index in [4.69, 9.17) is 11.6 Å². The highest BCUT2D eigenvalue weighted by molar-refractivity contribution is 6.33. The van der Waals surface area contributed by atoms with Crippen LogP contribution in [0.4, 0.5) is 11.4 Å². The number of non-ortho nitro benzene ring substituents is 1. The van der Waals surface area contributed by atoms with Crippen molar-refractivity contribution >= 4 is 28.9 Å². The zero-order valence-electron chi connectivity index (χ0n) is 15.5. The number of piperidine rings is 1. The van der Waals surface area contributed by atoms with Crippen molar-refractivity contribution in [3.05, 3.63) is 56.0 Å². The van der Waals surface area contributed by atoms with Crippen LogP contribution in [0.3, 0.4) is 0 Å². The first kappa shape index (κ1) is 19.8. The van der Waals surface area contributed by atoms with Gasteiger partial charge in [-0.05, 0) is 25.0 Å². The van der Waals surface area contributed by atoms with Gasteiger partial charge in [-0.1, -0.05) is 11.6 Å². The highest BCUT2D eigenvalue weighted by Crippen LogP contribution is 2.26. The molecule has 0 spiro atoms. The van der Waals surface area contributed by atoms with Gasteiger partial charge >= 0.3 is 0 Å². The van der Waals surface area contributed by atoms with Crippen molar-refractivity contribution in [3.8, 4) is 5.69 Å². The van der Waals surface area contributed by atoms with Gasteiger partial charge in [-0.2, -0.15) is 9.78 Å².